The summed E-state index contributed by atoms with van der Waals surface area (Å²) in [7, 11) is 1.61. The van der Waals surface area contributed by atoms with Crippen molar-refractivity contribution in [3.05, 3.63) is 53.1 Å². The number of benzene rings is 1. The number of rotatable bonds is 3. The van der Waals surface area contributed by atoms with E-state index in [-0.39, 0.29) is 6.42 Å². The van der Waals surface area contributed by atoms with Crippen LogP contribution in [0.4, 0.5) is 22.0 Å². The van der Waals surface area contributed by atoms with Crippen molar-refractivity contribution in [2.24, 2.45) is 7.05 Å². The number of aromatic nitrogens is 1. The van der Waals surface area contributed by atoms with Gasteiger partial charge < -0.3 is 9.30 Å². The Kier molecular flexibility index (Phi) is 3.97. The van der Waals surface area contributed by atoms with Crippen molar-refractivity contribution in [2.75, 3.05) is 0 Å². The van der Waals surface area contributed by atoms with E-state index in [1.165, 1.54) is 0 Å². The number of halogens is 5. The number of hydrogen-bond donors (Lipinski definition) is 0. The van der Waals surface area contributed by atoms with Gasteiger partial charge in [-0.2, -0.15) is 8.78 Å². The Morgan fingerprint density at radius 2 is 1.57 bits per heavy atom. The fourth-order valence-electron chi connectivity index (χ4n) is 1.65. The third-order valence-electron chi connectivity index (χ3n) is 2.76. The third-order valence-corrected chi connectivity index (χ3v) is 2.76. The van der Waals surface area contributed by atoms with E-state index in [0.717, 1.165) is 0 Å². The van der Waals surface area contributed by atoms with Gasteiger partial charge in [-0.15, -0.1) is 0 Å². The number of carbonyl (C=O) groups is 1. The van der Waals surface area contributed by atoms with Crippen LogP contribution >= 0.6 is 0 Å². The lowest BCUT2D eigenvalue weighted by atomic mass is 10.2. The van der Waals surface area contributed by atoms with Gasteiger partial charge in [0.05, 0.1) is 6.42 Å². The van der Waals surface area contributed by atoms with E-state index < -0.39 is 40.8 Å². The second-order valence-corrected chi connectivity index (χ2v) is 4.16. The first-order valence-electron chi connectivity index (χ1n) is 5.65. The second kappa shape index (κ2) is 5.55. The molecule has 0 saturated carbocycles. The molecule has 0 fully saturated rings. The van der Waals surface area contributed by atoms with Crippen LogP contribution in [0, 0.1) is 29.1 Å². The van der Waals surface area contributed by atoms with Crippen LogP contribution in [0.3, 0.4) is 0 Å². The molecule has 0 unspecified atom stereocenters. The van der Waals surface area contributed by atoms with Crippen molar-refractivity contribution < 1.29 is 31.5 Å². The van der Waals surface area contributed by atoms with Crippen molar-refractivity contribution in [1.82, 2.24) is 4.57 Å². The summed E-state index contributed by atoms with van der Waals surface area (Å²) in [4.78, 5) is 11.5. The highest BCUT2D eigenvalue weighted by atomic mass is 19.2. The standard InChI is InChI=1S/C13H8F5NO2/c1-19-4-2-3-6(19)5-7(20)21-13-11(17)9(15)8(14)10(16)12(13)18/h2-4H,5H2,1H3. The van der Waals surface area contributed by atoms with Crippen molar-refractivity contribution in [1.29, 1.82) is 0 Å². The maximum Gasteiger partial charge on any atom is 0.317 e. The van der Waals surface area contributed by atoms with E-state index in [0.29, 0.717) is 5.69 Å². The molecule has 1 heterocycles. The summed E-state index contributed by atoms with van der Waals surface area (Å²) in [5.41, 5.74) is 0.448. The van der Waals surface area contributed by atoms with E-state index in [9.17, 15) is 26.7 Å². The first kappa shape index (κ1) is 15.0. The molecule has 0 N–H and O–H groups in total. The number of hydrogen-bond acceptors (Lipinski definition) is 2. The number of nitrogens with zero attached hydrogens (tertiary/aromatic N) is 1. The van der Waals surface area contributed by atoms with E-state index in [1.807, 2.05) is 0 Å². The van der Waals surface area contributed by atoms with Crippen LogP contribution in [-0.2, 0) is 18.3 Å². The SMILES string of the molecule is Cn1cccc1CC(=O)Oc1c(F)c(F)c(F)c(F)c1F. The smallest absolute Gasteiger partial charge is 0.317 e. The largest absolute Gasteiger partial charge is 0.420 e. The van der Waals surface area contributed by atoms with Gasteiger partial charge in [0.1, 0.15) is 0 Å². The molecule has 1 aromatic carbocycles. The Labute approximate surface area is 115 Å². The van der Waals surface area contributed by atoms with Crippen LogP contribution in [0.25, 0.3) is 0 Å². The van der Waals surface area contributed by atoms with Gasteiger partial charge in [-0.3, -0.25) is 4.79 Å². The predicted molar refractivity (Wildman–Crippen MR) is 61.0 cm³/mol. The zero-order chi connectivity index (χ0) is 15.7. The van der Waals surface area contributed by atoms with Crippen LogP contribution in [0.2, 0.25) is 0 Å². The maximum absolute atomic E-state index is 13.3. The summed E-state index contributed by atoms with van der Waals surface area (Å²) in [6.45, 7) is 0. The molecule has 0 atom stereocenters. The highest BCUT2D eigenvalue weighted by molar-refractivity contribution is 5.74. The summed E-state index contributed by atoms with van der Waals surface area (Å²) in [5, 5.41) is 0. The maximum atomic E-state index is 13.3. The van der Waals surface area contributed by atoms with Crippen LogP contribution in [0.1, 0.15) is 5.69 Å². The van der Waals surface area contributed by atoms with Gasteiger partial charge in [-0.1, -0.05) is 0 Å². The second-order valence-electron chi connectivity index (χ2n) is 4.16. The van der Waals surface area contributed by atoms with Gasteiger partial charge in [-0.05, 0) is 12.1 Å². The summed E-state index contributed by atoms with van der Waals surface area (Å²) < 4.78 is 71.1. The number of ether oxygens (including phenoxy) is 1. The molecule has 0 aliphatic rings. The molecule has 1 aromatic heterocycles. The molecule has 0 saturated heterocycles. The molecule has 0 amide bonds. The Morgan fingerprint density at radius 3 is 2.05 bits per heavy atom. The topological polar surface area (TPSA) is 31.2 Å². The fraction of sp³-hybridized carbons (Fsp3) is 0.154. The molecule has 2 aromatic rings. The fourth-order valence-corrected chi connectivity index (χ4v) is 1.65. The minimum atomic E-state index is -2.31. The van der Waals surface area contributed by atoms with Gasteiger partial charge in [-0.25, -0.2) is 13.2 Å². The van der Waals surface area contributed by atoms with Crippen molar-refractivity contribution in [3.8, 4) is 5.75 Å². The van der Waals surface area contributed by atoms with Crippen molar-refractivity contribution in [3.63, 3.8) is 0 Å². The zero-order valence-electron chi connectivity index (χ0n) is 10.6. The minimum Gasteiger partial charge on any atom is -0.420 e. The van der Waals surface area contributed by atoms with Crippen LogP contribution in [-0.4, -0.2) is 10.5 Å². The predicted octanol–water partition coefficient (Wildman–Crippen LogP) is 2.87. The lowest BCUT2D eigenvalue weighted by Gasteiger charge is -2.09. The van der Waals surface area contributed by atoms with Gasteiger partial charge in [0.15, 0.2) is 0 Å². The van der Waals surface area contributed by atoms with Gasteiger partial charge >= 0.3 is 5.97 Å². The molecule has 21 heavy (non-hydrogen) atoms. The monoisotopic (exact) mass is 305 g/mol. The highest BCUT2D eigenvalue weighted by Crippen LogP contribution is 2.29. The molecule has 0 spiro atoms. The Hall–Kier alpha value is -2.38. The molecular formula is C13H8F5NO2. The summed E-state index contributed by atoms with van der Waals surface area (Å²) in [6, 6.07) is 3.15. The van der Waals surface area contributed by atoms with Gasteiger partial charge in [0.25, 0.3) is 0 Å². The lowest BCUT2D eigenvalue weighted by Crippen LogP contribution is -2.16. The van der Waals surface area contributed by atoms with Crippen LogP contribution < -0.4 is 4.74 Å². The number of esters is 1. The van der Waals surface area contributed by atoms with E-state index >= 15 is 0 Å². The Morgan fingerprint density at radius 1 is 1.05 bits per heavy atom. The normalized spacial score (nSPS) is 10.8. The summed E-state index contributed by atoms with van der Waals surface area (Å²) in [6.07, 6.45) is 1.23. The molecule has 112 valence electrons. The first-order valence-corrected chi connectivity index (χ1v) is 5.65. The molecule has 2 rings (SSSR count). The van der Waals surface area contributed by atoms with Crippen LogP contribution in [0.5, 0.6) is 5.75 Å². The van der Waals surface area contributed by atoms with Gasteiger partial charge in [0, 0.05) is 18.9 Å². The van der Waals surface area contributed by atoms with E-state index in [1.54, 1.807) is 29.9 Å². The van der Waals surface area contributed by atoms with E-state index in [4.69, 9.17) is 0 Å². The highest BCUT2D eigenvalue weighted by Gasteiger charge is 2.28. The third kappa shape index (κ3) is 2.74. The summed E-state index contributed by atoms with van der Waals surface area (Å²) in [5.74, 6) is -13.8. The molecule has 0 aliphatic heterocycles. The molecule has 8 heteroatoms. The summed E-state index contributed by atoms with van der Waals surface area (Å²) >= 11 is 0. The van der Waals surface area contributed by atoms with Gasteiger partial charge in [0.2, 0.25) is 34.8 Å². The molecule has 0 bridgehead atoms. The quantitative estimate of drug-likeness (QED) is 0.287. The van der Waals surface area contributed by atoms with Crippen molar-refractivity contribution >= 4 is 5.97 Å². The number of carbonyl (C=O) groups excluding carboxylic acids is 1. The zero-order valence-corrected chi connectivity index (χ0v) is 10.6. The molecule has 3 nitrogen and oxygen atoms in total. The van der Waals surface area contributed by atoms with Crippen LogP contribution in [0.15, 0.2) is 18.3 Å². The minimum absolute atomic E-state index is 0.386. The van der Waals surface area contributed by atoms with Crippen molar-refractivity contribution in [2.45, 2.75) is 6.42 Å². The average molecular weight is 305 g/mol. The van der Waals surface area contributed by atoms with E-state index in [2.05, 4.69) is 4.74 Å². The molecule has 0 aliphatic carbocycles. The first-order chi connectivity index (χ1) is 9.82. The molecular weight excluding hydrogens is 297 g/mol. The lowest BCUT2D eigenvalue weighted by molar-refractivity contribution is -0.134. The Bertz CT molecular complexity index is 682. The average Bonchev–Trinajstić information content (AvgIpc) is 2.84. The number of aryl methyl sites for hydroxylation is 1. The molecule has 0 radical (unpaired) electrons. The Balaban J connectivity index is 2.28.